The van der Waals surface area contributed by atoms with Crippen molar-refractivity contribution >= 4 is 5.95 Å². The van der Waals surface area contributed by atoms with Crippen molar-refractivity contribution in [3.63, 3.8) is 0 Å². The fourth-order valence-electron chi connectivity index (χ4n) is 1.31. The molecule has 1 atom stereocenters. The molecule has 16 heavy (non-hydrogen) atoms. The lowest BCUT2D eigenvalue weighted by molar-refractivity contribution is 0.397. The maximum absolute atomic E-state index is 5.54. The Bertz CT molecular complexity index is 306. The molecule has 1 rings (SSSR count). The highest BCUT2D eigenvalue weighted by atomic mass is 16.5. The van der Waals surface area contributed by atoms with Crippen LogP contribution in [-0.4, -0.2) is 30.2 Å². The molecule has 0 aliphatic heterocycles. The predicted octanol–water partition coefficient (Wildman–Crippen LogP) is 1.27. The molecule has 90 valence electrons. The number of nitrogens with two attached hydrogens (primary N) is 1. The summed E-state index contributed by atoms with van der Waals surface area (Å²) in [6.45, 7) is 3.76. The van der Waals surface area contributed by atoms with E-state index in [1.54, 1.807) is 19.4 Å². The third kappa shape index (κ3) is 4.44. The van der Waals surface area contributed by atoms with Gasteiger partial charge in [0, 0.05) is 18.8 Å². The van der Waals surface area contributed by atoms with Crippen LogP contribution in [-0.2, 0) is 0 Å². The Balaban J connectivity index is 2.26. The summed E-state index contributed by atoms with van der Waals surface area (Å²) in [5.41, 5.74) is 5.54. The standard InChI is InChI=1S/C11H20N4O/c1-9(8-12)4-3-6-13-11-14-7-5-10(15-11)16-2/h5,7,9H,3-4,6,8,12H2,1-2H3,(H,13,14,15). The van der Waals surface area contributed by atoms with Crippen LogP contribution in [0.2, 0.25) is 0 Å². The molecule has 1 heterocycles. The van der Waals surface area contributed by atoms with E-state index in [1.165, 1.54) is 0 Å². The molecule has 0 bridgehead atoms. The fourth-order valence-corrected chi connectivity index (χ4v) is 1.31. The Morgan fingerprint density at radius 3 is 3.06 bits per heavy atom. The molecule has 0 amide bonds. The van der Waals surface area contributed by atoms with E-state index in [-0.39, 0.29) is 0 Å². The highest BCUT2D eigenvalue weighted by molar-refractivity contribution is 5.26. The Labute approximate surface area is 96.4 Å². The van der Waals surface area contributed by atoms with Crippen molar-refractivity contribution in [3.05, 3.63) is 12.3 Å². The van der Waals surface area contributed by atoms with Crippen molar-refractivity contribution in [1.82, 2.24) is 9.97 Å². The van der Waals surface area contributed by atoms with E-state index in [4.69, 9.17) is 10.5 Å². The molecular formula is C11H20N4O. The van der Waals surface area contributed by atoms with Gasteiger partial charge in [0.05, 0.1) is 7.11 Å². The molecule has 0 spiro atoms. The van der Waals surface area contributed by atoms with E-state index in [1.807, 2.05) is 0 Å². The minimum Gasteiger partial charge on any atom is -0.481 e. The number of hydrogen-bond donors (Lipinski definition) is 2. The topological polar surface area (TPSA) is 73.1 Å². The first-order valence-corrected chi connectivity index (χ1v) is 5.57. The zero-order chi connectivity index (χ0) is 11.8. The Morgan fingerprint density at radius 2 is 2.38 bits per heavy atom. The summed E-state index contributed by atoms with van der Waals surface area (Å²) in [6, 6.07) is 1.72. The van der Waals surface area contributed by atoms with E-state index < -0.39 is 0 Å². The number of ether oxygens (including phenoxy) is 1. The molecule has 3 N–H and O–H groups in total. The minimum atomic E-state index is 0.577. The number of rotatable bonds is 7. The third-order valence-corrected chi connectivity index (χ3v) is 2.40. The number of methoxy groups -OCH3 is 1. The number of nitrogens with zero attached hydrogens (tertiary/aromatic N) is 2. The van der Waals surface area contributed by atoms with Gasteiger partial charge in [-0.1, -0.05) is 6.92 Å². The van der Waals surface area contributed by atoms with Gasteiger partial charge in [-0.25, -0.2) is 4.98 Å². The van der Waals surface area contributed by atoms with Crippen molar-refractivity contribution in [1.29, 1.82) is 0 Å². The van der Waals surface area contributed by atoms with Crippen LogP contribution >= 0.6 is 0 Å². The summed E-state index contributed by atoms with van der Waals surface area (Å²) in [4.78, 5) is 8.26. The van der Waals surface area contributed by atoms with Crippen LogP contribution in [0.5, 0.6) is 5.88 Å². The average molecular weight is 224 g/mol. The van der Waals surface area contributed by atoms with E-state index in [2.05, 4.69) is 22.2 Å². The van der Waals surface area contributed by atoms with Crippen molar-refractivity contribution in [2.24, 2.45) is 11.7 Å². The van der Waals surface area contributed by atoms with Gasteiger partial charge in [-0.2, -0.15) is 4.98 Å². The van der Waals surface area contributed by atoms with E-state index in [0.29, 0.717) is 17.7 Å². The van der Waals surface area contributed by atoms with Crippen molar-refractivity contribution in [3.8, 4) is 5.88 Å². The Morgan fingerprint density at radius 1 is 1.56 bits per heavy atom. The average Bonchev–Trinajstić information content (AvgIpc) is 2.34. The van der Waals surface area contributed by atoms with Crippen molar-refractivity contribution in [2.45, 2.75) is 19.8 Å². The minimum absolute atomic E-state index is 0.577. The summed E-state index contributed by atoms with van der Waals surface area (Å²) < 4.78 is 5.01. The Hall–Kier alpha value is -1.36. The highest BCUT2D eigenvalue weighted by Crippen LogP contribution is 2.08. The second-order valence-corrected chi connectivity index (χ2v) is 3.83. The van der Waals surface area contributed by atoms with E-state index >= 15 is 0 Å². The van der Waals surface area contributed by atoms with Gasteiger partial charge in [0.1, 0.15) is 0 Å². The monoisotopic (exact) mass is 224 g/mol. The van der Waals surface area contributed by atoms with Gasteiger partial charge < -0.3 is 15.8 Å². The van der Waals surface area contributed by atoms with Gasteiger partial charge in [-0.05, 0) is 25.3 Å². The highest BCUT2D eigenvalue weighted by Gasteiger charge is 2.00. The van der Waals surface area contributed by atoms with Gasteiger partial charge in [0.25, 0.3) is 0 Å². The molecule has 1 unspecified atom stereocenters. The molecule has 0 saturated carbocycles. The quantitative estimate of drug-likeness (QED) is 0.682. The second-order valence-electron chi connectivity index (χ2n) is 3.83. The van der Waals surface area contributed by atoms with Crippen LogP contribution in [0.4, 0.5) is 5.95 Å². The van der Waals surface area contributed by atoms with E-state index in [0.717, 1.165) is 25.9 Å². The summed E-state index contributed by atoms with van der Waals surface area (Å²) in [6.07, 6.45) is 3.86. The smallest absolute Gasteiger partial charge is 0.225 e. The normalized spacial score (nSPS) is 12.2. The maximum Gasteiger partial charge on any atom is 0.225 e. The number of aromatic nitrogens is 2. The van der Waals surface area contributed by atoms with Crippen molar-refractivity contribution in [2.75, 3.05) is 25.5 Å². The zero-order valence-corrected chi connectivity index (χ0v) is 9.94. The van der Waals surface area contributed by atoms with Gasteiger partial charge in [-0.3, -0.25) is 0 Å². The lowest BCUT2D eigenvalue weighted by Gasteiger charge is -2.08. The lowest BCUT2D eigenvalue weighted by Crippen LogP contribution is -2.13. The molecule has 0 aliphatic carbocycles. The van der Waals surface area contributed by atoms with Gasteiger partial charge >= 0.3 is 0 Å². The van der Waals surface area contributed by atoms with Crippen LogP contribution in [0.25, 0.3) is 0 Å². The summed E-state index contributed by atoms with van der Waals surface area (Å²) in [5, 5.41) is 3.16. The summed E-state index contributed by atoms with van der Waals surface area (Å²) in [5.74, 6) is 1.76. The van der Waals surface area contributed by atoms with Crippen molar-refractivity contribution < 1.29 is 4.74 Å². The molecule has 1 aromatic heterocycles. The third-order valence-electron chi connectivity index (χ3n) is 2.40. The zero-order valence-electron chi connectivity index (χ0n) is 9.94. The van der Waals surface area contributed by atoms with Gasteiger partial charge in [0.15, 0.2) is 0 Å². The van der Waals surface area contributed by atoms with E-state index in [9.17, 15) is 0 Å². The first kappa shape index (κ1) is 12.7. The van der Waals surface area contributed by atoms with Crippen LogP contribution in [0.15, 0.2) is 12.3 Å². The fraction of sp³-hybridized carbons (Fsp3) is 0.636. The van der Waals surface area contributed by atoms with Gasteiger partial charge in [-0.15, -0.1) is 0 Å². The molecule has 1 aromatic rings. The lowest BCUT2D eigenvalue weighted by atomic mass is 10.1. The second kappa shape index (κ2) is 7.00. The molecule has 0 saturated heterocycles. The van der Waals surface area contributed by atoms with Crippen LogP contribution < -0.4 is 15.8 Å². The number of nitrogens with one attached hydrogen (secondary N) is 1. The molecule has 0 aromatic carbocycles. The molecule has 0 aliphatic rings. The first-order chi connectivity index (χ1) is 7.76. The molecule has 0 fully saturated rings. The summed E-state index contributed by atoms with van der Waals surface area (Å²) in [7, 11) is 1.59. The SMILES string of the molecule is COc1ccnc(NCCCC(C)CN)n1. The predicted molar refractivity (Wildman–Crippen MR) is 64.5 cm³/mol. The molecule has 0 radical (unpaired) electrons. The van der Waals surface area contributed by atoms with Gasteiger partial charge in [0.2, 0.25) is 11.8 Å². The first-order valence-electron chi connectivity index (χ1n) is 5.57. The largest absolute Gasteiger partial charge is 0.481 e. The molecule has 5 heteroatoms. The van der Waals surface area contributed by atoms with Crippen LogP contribution in [0, 0.1) is 5.92 Å². The van der Waals surface area contributed by atoms with Crippen LogP contribution in [0.1, 0.15) is 19.8 Å². The summed E-state index contributed by atoms with van der Waals surface area (Å²) >= 11 is 0. The number of anilines is 1. The molecule has 5 nitrogen and oxygen atoms in total. The maximum atomic E-state index is 5.54. The Kier molecular flexibility index (Phi) is 5.56. The molecular weight excluding hydrogens is 204 g/mol. The van der Waals surface area contributed by atoms with Crippen LogP contribution in [0.3, 0.4) is 0 Å². The number of hydrogen-bond acceptors (Lipinski definition) is 5.